The van der Waals surface area contributed by atoms with Crippen molar-refractivity contribution in [3.05, 3.63) is 41.0 Å². The van der Waals surface area contributed by atoms with E-state index in [-0.39, 0.29) is 11.5 Å². The van der Waals surface area contributed by atoms with E-state index in [4.69, 9.17) is 5.73 Å². The fourth-order valence-electron chi connectivity index (χ4n) is 3.61. The summed E-state index contributed by atoms with van der Waals surface area (Å²) in [5, 5.41) is 4.38. The Labute approximate surface area is 126 Å². The summed E-state index contributed by atoms with van der Waals surface area (Å²) in [4.78, 5) is 0. The Morgan fingerprint density at radius 1 is 1.33 bits per heavy atom. The van der Waals surface area contributed by atoms with E-state index in [9.17, 15) is 0 Å². The first-order chi connectivity index (χ1) is 9.85. The summed E-state index contributed by atoms with van der Waals surface area (Å²) in [5.41, 5.74) is 12.0. The molecule has 0 radical (unpaired) electrons. The summed E-state index contributed by atoms with van der Waals surface area (Å²) in [6, 6.07) is 2.46. The largest absolute Gasteiger partial charge is 0.347 e. The minimum absolute atomic E-state index is 0.177. The van der Waals surface area contributed by atoms with Gasteiger partial charge in [-0.2, -0.15) is 5.10 Å². The lowest BCUT2D eigenvalue weighted by molar-refractivity contribution is 0.274. The fourth-order valence-corrected chi connectivity index (χ4v) is 3.61. The van der Waals surface area contributed by atoms with Crippen LogP contribution < -0.4 is 5.73 Å². The average molecular weight is 286 g/mol. The van der Waals surface area contributed by atoms with Crippen molar-refractivity contribution < 1.29 is 0 Å². The maximum atomic E-state index is 6.38. The number of hydrogen-bond acceptors (Lipinski definition) is 2. The van der Waals surface area contributed by atoms with Crippen LogP contribution in [0.4, 0.5) is 0 Å². The van der Waals surface area contributed by atoms with Gasteiger partial charge in [0.2, 0.25) is 0 Å². The fraction of sp³-hybridized carbons (Fsp3) is 0.588. The third-order valence-electron chi connectivity index (χ3n) is 4.58. The van der Waals surface area contributed by atoms with Crippen LogP contribution in [0, 0.1) is 19.3 Å². The molecule has 0 fully saturated rings. The molecule has 2 N–H and O–H groups in total. The number of aromatic nitrogens is 3. The van der Waals surface area contributed by atoms with Gasteiger partial charge in [-0.05, 0) is 49.3 Å². The molecule has 2 heterocycles. The minimum atomic E-state index is 0.177. The molecule has 0 bridgehead atoms. The Morgan fingerprint density at radius 2 is 2.10 bits per heavy atom. The van der Waals surface area contributed by atoms with Gasteiger partial charge in [-0.15, -0.1) is 0 Å². The lowest BCUT2D eigenvalue weighted by Gasteiger charge is -2.34. The van der Waals surface area contributed by atoms with E-state index in [1.807, 2.05) is 10.9 Å². The maximum absolute atomic E-state index is 6.38. The SMILES string of the molecule is Cc1cnn(CCn2c(C)cc3c2CC(C)(C)CC3N)c1. The maximum Gasteiger partial charge on any atom is 0.0588 e. The molecule has 21 heavy (non-hydrogen) atoms. The zero-order valence-electron chi connectivity index (χ0n) is 13.6. The van der Waals surface area contributed by atoms with Crippen molar-refractivity contribution in [3.8, 4) is 0 Å². The van der Waals surface area contributed by atoms with Gasteiger partial charge in [0.25, 0.3) is 0 Å². The zero-order chi connectivity index (χ0) is 15.2. The van der Waals surface area contributed by atoms with Gasteiger partial charge < -0.3 is 10.3 Å². The molecular weight excluding hydrogens is 260 g/mol. The van der Waals surface area contributed by atoms with Gasteiger partial charge in [-0.3, -0.25) is 4.68 Å². The van der Waals surface area contributed by atoms with Crippen molar-refractivity contribution in [1.29, 1.82) is 0 Å². The number of hydrogen-bond donors (Lipinski definition) is 1. The average Bonchev–Trinajstić information content (AvgIpc) is 2.90. The molecule has 1 aliphatic carbocycles. The number of rotatable bonds is 3. The Kier molecular flexibility index (Phi) is 3.44. The highest BCUT2D eigenvalue weighted by Gasteiger charge is 2.33. The van der Waals surface area contributed by atoms with Crippen molar-refractivity contribution in [2.24, 2.45) is 11.1 Å². The van der Waals surface area contributed by atoms with Crippen molar-refractivity contribution in [1.82, 2.24) is 14.3 Å². The molecule has 2 aromatic heterocycles. The van der Waals surface area contributed by atoms with Crippen molar-refractivity contribution in [2.45, 2.75) is 59.7 Å². The van der Waals surface area contributed by atoms with Crippen LogP contribution in [0.5, 0.6) is 0 Å². The zero-order valence-corrected chi connectivity index (χ0v) is 13.6. The van der Waals surface area contributed by atoms with E-state index in [1.54, 1.807) is 0 Å². The van der Waals surface area contributed by atoms with Crippen LogP contribution in [-0.4, -0.2) is 14.3 Å². The van der Waals surface area contributed by atoms with Gasteiger partial charge in [0.05, 0.1) is 12.7 Å². The summed E-state index contributed by atoms with van der Waals surface area (Å²) < 4.78 is 4.46. The molecule has 3 rings (SSSR count). The van der Waals surface area contributed by atoms with E-state index in [1.165, 1.54) is 22.5 Å². The van der Waals surface area contributed by atoms with Gasteiger partial charge in [0.15, 0.2) is 0 Å². The van der Waals surface area contributed by atoms with Gasteiger partial charge in [-0.25, -0.2) is 0 Å². The predicted molar refractivity (Wildman–Crippen MR) is 85.2 cm³/mol. The highest BCUT2D eigenvalue weighted by molar-refractivity contribution is 5.34. The molecular formula is C17H26N4. The lowest BCUT2D eigenvalue weighted by Crippen LogP contribution is -2.30. The summed E-state index contributed by atoms with van der Waals surface area (Å²) in [5.74, 6) is 0. The lowest BCUT2D eigenvalue weighted by atomic mass is 9.74. The molecule has 0 amide bonds. The molecule has 1 atom stereocenters. The summed E-state index contributed by atoms with van der Waals surface area (Å²) >= 11 is 0. The highest BCUT2D eigenvalue weighted by Crippen LogP contribution is 2.40. The van der Waals surface area contributed by atoms with Crippen LogP contribution in [0.25, 0.3) is 0 Å². The van der Waals surface area contributed by atoms with Crippen molar-refractivity contribution in [3.63, 3.8) is 0 Å². The first kappa shape index (κ1) is 14.4. The van der Waals surface area contributed by atoms with Crippen molar-refractivity contribution >= 4 is 0 Å². The molecule has 0 spiro atoms. The smallest absolute Gasteiger partial charge is 0.0588 e. The number of nitrogens with zero attached hydrogens (tertiary/aromatic N) is 3. The molecule has 0 aromatic carbocycles. The van der Waals surface area contributed by atoms with E-state index in [2.05, 4.69) is 49.6 Å². The summed E-state index contributed by atoms with van der Waals surface area (Å²) in [7, 11) is 0. The summed E-state index contributed by atoms with van der Waals surface area (Å²) in [6.07, 6.45) is 6.20. The van der Waals surface area contributed by atoms with E-state index in [0.29, 0.717) is 0 Å². The van der Waals surface area contributed by atoms with Crippen LogP contribution in [-0.2, 0) is 19.5 Å². The van der Waals surface area contributed by atoms with Crippen molar-refractivity contribution in [2.75, 3.05) is 0 Å². The molecule has 2 aromatic rings. The van der Waals surface area contributed by atoms with Gasteiger partial charge in [0, 0.05) is 30.2 Å². The molecule has 114 valence electrons. The normalized spacial score (nSPS) is 20.5. The quantitative estimate of drug-likeness (QED) is 0.943. The second-order valence-corrected chi connectivity index (χ2v) is 7.27. The molecule has 1 aliphatic rings. The Bertz CT molecular complexity index is 648. The molecule has 4 nitrogen and oxygen atoms in total. The third kappa shape index (κ3) is 2.77. The Morgan fingerprint density at radius 3 is 2.76 bits per heavy atom. The van der Waals surface area contributed by atoms with Gasteiger partial charge in [-0.1, -0.05) is 13.8 Å². The number of fused-ring (bicyclic) bond motifs is 1. The standard InChI is InChI=1S/C17H26N4/c1-12-10-19-20(11-12)5-6-21-13(2)7-14-15(18)8-17(3,4)9-16(14)21/h7,10-11,15H,5-6,8-9,18H2,1-4H3. The van der Waals surface area contributed by atoms with E-state index < -0.39 is 0 Å². The van der Waals surface area contributed by atoms with E-state index >= 15 is 0 Å². The molecule has 0 saturated heterocycles. The van der Waals surface area contributed by atoms with Crippen LogP contribution in [0.15, 0.2) is 18.5 Å². The molecule has 1 unspecified atom stereocenters. The minimum Gasteiger partial charge on any atom is -0.347 e. The Hall–Kier alpha value is -1.55. The third-order valence-corrected chi connectivity index (χ3v) is 4.58. The summed E-state index contributed by atoms with van der Waals surface area (Å²) in [6.45, 7) is 10.8. The predicted octanol–water partition coefficient (Wildman–Crippen LogP) is 2.97. The molecule has 4 heteroatoms. The number of nitrogens with two attached hydrogens (primary N) is 1. The number of aryl methyl sites for hydroxylation is 3. The topological polar surface area (TPSA) is 48.8 Å². The Balaban J connectivity index is 1.86. The first-order valence-corrected chi connectivity index (χ1v) is 7.79. The monoisotopic (exact) mass is 286 g/mol. The molecule has 0 aliphatic heterocycles. The first-order valence-electron chi connectivity index (χ1n) is 7.79. The second kappa shape index (κ2) is 5.02. The highest BCUT2D eigenvalue weighted by atomic mass is 15.3. The molecule has 0 saturated carbocycles. The van der Waals surface area contributed by atoms with Crippen LogP contribution in [0.2, 0.25) is 0 Å². The van der Waals surface area contributed by atoms with E-state index in [0.717, 1.165) is 25.9 Å². The van der Waals surface area contributed by atoms with Gasteiger partial charge >= 0.3 is 0 Å². The van der Waals surface area contributed by atoms with Crippen LogP contribution in [0.1, 0.15) is 48.8 Å². The second-order valence-electron chi connectivity index (χ2n) is 7.27. The van der Waals surface area contributed by atoms with Crippen LogP contribution in [0.3, 0.4) is 0 Å². The van der Waals surface area contributed by atoms with Gasteiger partial charge in [0.1, 0.15) is 0 Å². The van der Waals surface area contributed by atoms with Crippen LogP contribution >= 0.6 is 0 Å².